The van der Waals surface area contributed by atoms with Gasteiger partial charge in [-0.25, -0.2) is 4.39 Å². The molecule has 3 rings (SSSR count). The number of para-hydroxylation sites is 1. The van der Waals surface area contributed by atoms with E-state index in [1.165, 1.54) is 18.2 Å². The van der Waals surface area contributed by atoms with Gasteiger partial charge in [0.25, 0.3) is 11.8 Å². The van der Waals surface area contributed by atoms with Gasteiger partial charge in [0.15, 0.2) is 0 Å². The lowest BCUT2D eigenvalue weighted by atomic mass is 10.0. The first-order valence-electron chi connectivity index (χ1n) is 9.13. The maximum atomic E-state index is 13.9. The first-order valence-corrected chi connectivity index (χ1v) is 9.13. The average Bonchev–Trinajstić information content (AvgIpc) is 2.69. The molecule has 28 heavy (non-hydrogen) atoms. The Morgan fingerprint density at radius 3 is 2.32 bits per heavy atom. The van der Waals surface area contributed by atoms with E-state index in [9.17, 15) is 14.0 Å². The number of hydrogen-bond donors (Lipinski definition) is 2. The molecule has 0 radical (unpaired) electrons. The van der Waals surface area contributed by atoms with Gasteiger partial charge in [0.2, 0.25) is 0 Å². The van der Waals surface area contributed by atoms with Crippen molar-refractivity contribution in [2.75, 3.05) is 25.5 Å². The van der Waals surface area contributed by atoms with Crippen LogP contribution in [0.2, 0.25) is 0 Å². The van der Waals surface area contributed by atoms with Crippen molar-refractivity contribution >= 4 is 29.9 Å². The fourth-order valence-corrected chi connectivity index (χ4v) is 3.38. The Kier molecular flexibility index (Phi) is 7.54. The maximum absolute atomic E-state index is 13.9. The van der Waals surface area contributed by atoms with E-state index in [1.54, 1.807) is 23.1 Å². The number of carbonyl (C=O) groups excluding carboxylic acids is 2. The van der Waals surface area contributed by atoms with Crippen LogP contribution in [0.15, 0.2) is 42.5 Å². The molecule has 1 fully saturated rings. The van der Waals surface area contributed by atoms with E-state index in [-0.39, 0.29) is 23.9 Å². The molecule has 0 unspecified atom stereocenters. The van der Waals surface area contributed by atoms with Crippen molar-refractivity contribution in [3.63, 3.8) is 0 Å². The van der Waals surface area contributed by atoms with E-state index >= 15 is 0 Å². The smallest absolute Gasteiger partial charge is 0.258 e. The lowest BCUT2D eigenvalue weighted by Gasteiger charge is -2.32. The molecule has 2 aromatic rings. The molecule has 0 saturated carbocycles. The highest BCUT2D eigenvalue weighted by molar-refractivity contribution is 6.09. The lowest BCUT2D eigenvalue weighted by Crippen LogP contribution is -2.44. The Morgan fingerprint density at radius 2 is 1.68 bits per heavy atom. The molecule has 0 aliphatic carbocycles. The Bertz CT molecular complexity index is 851. The van der Waals surface area contributed by atoms with Crippen molar-refractivity contribution in [3.05, 3.63) is 65.0 Å². The number of likely N-dealkylation sites (tertiary alicyclic amines) is 1. The van der Waals surface area contributed by atoms with Gasteiger partial charge < -0.3 is 15.5 Å². The van der Waals surface area contributed by atoms with E-state index in [0.29, 0.717) is 30.4 Å². The third-order valence-corrected chi connectivity index (χ3v) is 5.05. The van der Waals surface area contributed by atoms with Crippen LogP contribution in [0.5, 0.6) is 0 Å². The fourth-order valence-electron chi connectivity index (χ4n) is 3.38. The molecule has 1 heterocycles. The summed E-state index contributed by atoms with van der Waals surface area (Å²) < 4.78 is 13.9. The van der Waals surface area contributed by atoms with Gasteiger partial charge in [0, 0.05) is 19.1 Å². The molecule has 1 aliphatic heterocycles. The number of rotatable bonds is 4. The van der Waals surface area contributed by atoms with Crippen LogP contribution in [0.4, 0.5) is 10.1 Å². The Hall–Kier alpha value is -2.44. The minimum Gasteiger partial charge on any atom is -0.338 e. The largest absolute Gasteiger partial charge is 0.338 e. The molecule has 7 heteroatoms. The highest BCUT2D eigenvalue weighted by Crippen LogP contribution is 2.25. The number of amides is 2. The van der Waals surface area contributed by atoms with E-state index in [2.05, 4.69) is 10.6 Å². The quantitative estimate of drug-likeness (QED) is 0.816. The van der Waals surface area contributed by atoms with Crippen LogP contribution in [-0.2, 0) is 0 Å². The summed E-state index contributed by atoms with van der Waals surface area (Å²) in [5, 5.41) is 5.98. The third kappa shape index (κ3) is 4.69. The number of piperidine rings is 1. The molecule has 5 nitrogen and oxygen atoms in total. The number of hydrogen-bond acceptors (Lipinski definition) is 3. The van der Waals surface area contributed by atoms with Crippen molar-refractivity contribution in [1.82, 2.24) is 10.2 Å². The number of anilines is 1. The number of benzene rings is 2. The van der Waals surface area contributed by atoms with Gasteiger partial charge >= 0.3 is 0 Å². The Labute approximate surface area is 170 Å². The normalized spacial score (nSPS) is 14.3. The van der Waals surface area contributed by atoms with E-state index < -0.39 is 11.7 Å². The summed E-state index contributed by atoms with van der Waals surface area (Å²) in [5.74, 6) is -1.27. The van der Waals surface area contributed by atoms with Gasteiger partial charge in [-0.05, 0) is 50.6 Å². The standard InChI is InChI=1S/C21H24FN3O2.ClH/c1-14-6-5-8-17(21(27)25-12-10-15(23-2)11-13-25)19(14)24-20(26)16-7-3-4-9-18(16)22;/h3-9,15,23H,10-13H2,1-2H3,(H,24,26);1H. The summed E-state index contributed by atoms with van der Waals surface area (Å²) in [6.07, 6.45) is 1.79. The molecule has 1 saturated heterocycles. The summed E-state index contributed by atoms with van der Waals surface area (Å²) in [5.41, 5.74) is 1.58. The van der Waals surface area contributed by atoms with Gasteiger partial charge in [-0.1, -0.05) is 24.3 Å². The van der Waals surface area contributed by atoms with E-state index in [1.807, 2.05) is 20.0 Å². The van der Waals surface area contributed by atoms with E-state index in [4.69, 9.17) is 0 Å². The first-order chi connectivity index (χ1) is 13.0. The summed E-state index contributed by atoms with van der Waals surface area (Å²) in [7, 11) is 1.93. The summed E-state index contributed by atoms with van der Waals surface area (Å²) >= 11 is 0. The second-order valence-corrected chi connectivity index (χ2v) is 6.79. The van der Waals surface area contributed by atoms with E-state index in [0.717, 1.165) is 18.4 Å². The lowest BCUT2D eigenvalue weighted by molar-refractivity contribution is 0.0708. The highest BCUT2D eigenvalue weighted by Gasteiger charge is 2.25. The predicted octanol–water partition coefficient (Wildman–Crippen LogP) is 3.63. The molecule has 0 bridgehead atoms. The van der Waals surface area contributed by atoms with Crippen molar-refractivity contribution in [2.45, 2.75) is 25.8 Å². The molecular weight excluding hydrogens is 381 g/mol. The average molecular weight is 406 g/mol. The molecule has 2 amide bonds. The Balaban J connectivity index is 0.00000280. The second kappa shape index (κ2) is 9.66. The zero-order valence-electron chi connectivity index (χ0n) is 16.0. The van der Waals surface area contributed by atoms with Gasteiger partial charge in [0.05, 0.1) is 16.8 Å². The van der Waals surface area contributed by atoms with Gasteiger partial charge in [-0.15, -0.1) is 12.4 Å². The van der Waals surface area contributed by atoms with Crippen LogP contribution in [-0.4, -0.2) is 42.9 Å². The zero-order valence-corrected chi connectivity index (χ0v) is 16.8. The molecule has 0 aromatic heterocycles. The summed E-state index contributed by atoms with van der Waals surface area (Å²) in [6.45, 7) is 3.15. The first kappa shape index (κ1) is 21.9. The van der Waals surface area contributed by atoms with Crippen LogP contribution < -0.4 is 10.6 Å². The van der Waals surface area contributed by atoms with Crippen molar-refractivity contribution in [3.8, 4) is 0 Å². The molecule has 2 N–H and O–H groups in total. The number of nitrogens with zero attached hydrogens (tertiary/aromatic N) is 1. The van der Waals surface area contributed by atoms with Gasteiger partial charge in [0.1, 0.15) is 5.82 Å². The molecule has 1 aliphatic rings. The minimum absolute atomic E-state index is 0. The Morgan fingerprint density at radius 1 is 1.04 bits per heavy atom. The fraction of sp³-hybridized carbons (Fsp3) is 0.333. The maximum Gasteiger partial charge on any atom is 0.258 e. The van der Waals surface area contributed by atoms with Gasteiger partial charge in [-0.3, -0.25) is 9.59 Å². The van der Waals surface area contributed by atoms with Gasteiger partial charge in [-0.2, -0.15) is 0 Å². The number of carbonyl (C=O) groups is 2. The van der Waals surface area contributed by atoms with Crippen molar-refractivity contribution in [1.29, 1.82) is 0 Å². The summed E-state index contributed by atoms with van der Waals surface area (Å²) in [6, 6.07) is 11.5. The second-order valence-electron chi connectivity index (χ2n) is 6.79. The minimum atomic E-state index is -0.592. The number of nitrogens with one attached hydrogen (secondary N) is 2. The SMILES string of the molecule is CNC1CCN(C(=O)c2cccc(C)c2NC(=O)c2ccccc2F)CC1.Cl. The third-order valence-electron chi connectivity index (χ3n) is 5.05. The number of aryl methyl sites for hydroxylation is 1. The molecular formula is C21H25ClFN3O2. The van der Waals surface area contributed by atoms with Crippen molar-refractivity contribution < 1.29 is 14.0 Å². The van der Waals surface area contributed by atoms with Crippen LogP contribution in [0, 0.1) is 12.7 Å². The number of halogens is 2. The van der Waals surface area contributed by atoms with Crippen LogP contribution in [0.3, 0.4) is 0 Å². The van der Waals surface area contributed by atoms with Crippen LogP contribution in [0.1, 0.15) is 39.1 Å². The molecule has 150 valence electrons. The highest BCUT2D eigenvalue weighted by atomic mass is 35.5. The van der Waals surface area contributed by atoms with Crippen LogP contribution in [0.25, 0.3) is 0 Å². The summed E-state index contributed by atoms with van der Waals surface area (Å²) in [4.78, 5) is 27.4. The predicted molar refractivity (Wildman–Crippen MR) is 111 cm³/mol. The molecule has 0 atom stereocenters. The van der Waals surface area contributed by atoms with Crippen LogP contribution >= 0.6 is 12.4 Å². The monoisotopic (exact) mass is 405 g/mol. The topological polar surface area (TPSA) is 61.4 Å². The van der Waals surface area contributed by atoms with Crippen molar-refractivity contribution in [2.24, 2.45) is 0 Å². The zero-order chi connectivity index (χ0) is 19.4. The molecule has 0 spiro atoms. The molecule has 2 aromatic carbocycles.